The highest BCUT2D eigenvalue weighted by Gasteiger charge is 2.33. The first kappa shape index (κ1) is 6.81. The number of halogens is 1. The van der Waals surface area contributed by atoms with E-state index in [0.29, 0.717) is 0 Å². The molecule has 0 aromatic heterocycles. The van der Waals surface area contributed by atoms with Gasteiger partial charge in [-0.2, -0.15) is 0 Å². The van der Waals surface area contributed by atoms with Gasteiger partial charge in [0, 0.05) is 3.92 Å². The van der Waals surface area contributed by atoms with E-state index in [1.54, 1.807) is 0 Å². The van der Waals surface area contributed by atoms with Crippen molar-refractivity contribution in [2.24, 2.45) is 5.92 Å². The summed E-state index contributed by atoms with van der Waals surface area (Å²) in [6.45, 7) is 1.20. The van der Waals surface area contributed by atoms with Crippen LogP contribution < -0.4 is 5.32 Å². The summed E-state index contributed by atoms with van der Waals surface area (Å²) >= 11 is 2.53. The molecule has 0 radical (unpaired) electrons. The number of hydrogen-bond donors (Lipinski definition) is 1. The van der Waals surface area contributed by atoms with Gasteiger partial charge in [0.25, 0.3) is 0 Å². The molecule has 0 bridgehead atoms. The lowest BCUT2D eigenvalue weighted by molar-refractivity contribution is 0.670. The zero-order chi connectivity index (χ0) is 5.98. The van der Waals surface area contributed by atoms with Gasteiger partial charge in [-0.25, -0.2) is 0 Å². The van der Waals surface area contributed by atoms with Gasteiger partial charge in [0.1, 0.15) is 0 Å². The first-order valence-corrected chi connectivity index (χ1v) is 4.38. The highest BCUT2D eigenvalue weighted by atomic mass is 127. The lowest BCUT2D eigenvalue weighted by Gasteiger charge is -1.93. The normalized spacial score (nSPS) is 35.2. The number of hydrogen-bond acceptors (Lipinski definition) is 1. The minimum Gasteiger partial charge on any atom is -0.320 e. The number of alkyl halides is 1. The van der Waals surface area contributed by atoms with Gasteiger partial charge in [0.05, 0.1) is 0 Å². The molecule has 0 aromatic carbocycles. The Kier molecular flexibility index (Phi) is 2.56. The van der Waals surface area contributed by atoms with Crippen molar-refractivity contribution in [1.82, 2.24) is 5.32 Å². The fraction of sp³-hybridized carbons (Fsp3) is 1.00. The Morgan fingerprint density at radius 1 is 1.75 bits per heavy atom. The van der Waals surface area contributed by atoms with Gasteiger partial charge >= 0.3 is 0 Å². The van der Waals surface area contributed by atoms with Crippen LogP contribution in [-0.4, -0.2) is 17.5 Å². The largest absolute Gasteiger partial charge is 0.320 e. The maximum absolute atomic E-state index is 3.16. The second kappa shape index (κ2) is 3.01. The average molecular weight is 225 g/mol. The summed E-state index contributed by atoms with van der Waals surface area (Å²) in [7, 11) is 2.02. The second-order valence-corrected chi connectivity index (χ2v) is 4.00. The minimum absolute atomic E-state index is 1.00. The summed E-state index contributed by atoms with van der Waals surface area (Å²) in [4.78, 5) is 0. The molecule has 0 aliphatic heterocycles. The third kappa shape index (κ3) is 1.90. The lowest BCUT2D eigenvalue weighted by atomic mass is 10.3. The van der Waals surface area contributed by atoms with E-state index in [9.17, 15) is 0 Å². The monoisotopic (exact) mass is 225 g/mol. The van der Waals surface area contributed by atoms with Crippen molar-refractivity contribution in [3.05, 3.63) is 0 Å². The Morgan fingerprint density at radius 2 is 2.38 bits per heavy atom. The third-order valence-electron chi connectivity index (χ3n) is 1.60. The molecular weight excluding hydrogens is 213 g/mol. The molecule has 0 heterocycles. The molecule has 2 heteroatoms. The van der Waals surface area contributed by atoms with Gasteiger partial charge in [-0.1, -0.05) is 22.6 Å². The van der Waals surface area contributed by atoms with Crippen LogP contribution in [0.2, 0.25) is 0 Å². The van der Waals surface area contributed by atoms with Crippen molar-refractivity contribution in [3.8, 4) is 0 Å². The minimum atomic E-state index is 1.00. The molecular formula is C6H12IN. The topological polar surface area (TPSA) is 12.0 Å². The van der Waals surface area contributed by atoms with Crippen molar-refractivity contribution < 1.29 is 0 Å². The van der Waals surface area contributed by atoms with Crippen LogP contribution in [0, 0.1) is 5.92 Å². The van der Waals surface area contributed by atoms with Crippen LogP contribution in [0.5, 0.6) is 0 Å². The molecule has 1 rings (SSSR count). The third-order valence-corrected chi connectivity index (χ3v) is 3.13. The zero-order valence-corrected chi connectivity index (χ0v) is 7.31. The summed E-state index contributed by atoms with van der Waals surface area (Å²) in [5.74, 6) is 1.04. The van der Waals surface area contributed by atoms with E-state index in [0.717, 1.165) is 9.84 Å². The molecule has 0 spiro atoms. The van der Waals surface area contributed by atoms with Crippen LogP contribution in [-0.2, 0) is 0 Å². The van der Waals surface area contributed by atoms with Crippen molar-refractivity contribution in [2.45, 2.75) is 16.8 Å². The summed E-state index contributed by atoms with van der Waals surface area (Å²) in [5.41, 5.74) is 0. The van der Waals surface area contributed by atoms with Gasteiger partial charge in [0.2, 0.25) is 0 Å². The Morgan fingerprint density at radius 3 is 2.75 bits per heavy atom. The molecule has 0 amide bonds. The first-order chi connectivity index (χ1) is 3.84. The Hall–Kier alpha value is 0.690. The summed E-state index contributed by atoms with van der Waals surface area (Å²) in [6, 6.07) is 0. The van der Waals surface area contributed by atoms with E-state index in [2.05, 4.69) is 27.9 Å². The molecule has 1 N–H and O–H groups in total. The molecule has 1 saturated carbocycles. The maximum Gasteiger partial charge on any atom is 0.0142 e. The SMILES string of the molecule is CNCCC1CC1I. The van der Waals surface area contributed by atoms with Crippen molar-refractivity contribution in [3.63, 3.8) is 0 Å². The molecule has 8 heavy (non-hydrogen) atoms. The van der Waals surface area contributed by atoms with Crippen molar-refractivity contribution in [1.29, 1.82) is 0 Å². The van der Waals surface area contributed by atoms with Crippen LogP contribution in [0.1, 0.15) is 12.8 Å². The highest BCUT2D eigenvalue weighted by Crippen LogP contribution is 2.40. The van der Waals surface area contributed by atoms with E-state index >= 15 is 0 Å². The van der Waals surface area contributed by atoms with Crippen LogP contribution in [0.25, 0.3) is 0 Å². The standard InChI is InChI=1S/C6H12IN/c1-8-3-2-5-4-6(5)7/h5-6,8H,2-4H2,1H3. The van der Waals surface area contributed by atoms with E-state index < -0.39 is 0 Å². The lowest BCUT2D eigenvalue weighted by Crippen LogP contribution is -2.08. The molecule has 1 aliphatic carbocycles. The molecule has 48 valence electrons. The smallest absolute Gasteiger partial charge is 0.0142 e. The number of nitrogens with one attached hydrogen (secondary N) is 1. The highest BCUT2D eigenvalue weighted by molar-refractivity contribution is 14.1. The molecule has 0 saturated heterocycles. The predicted octanol–water partition coefficient (Wildman–Crippen LogP) is 1.42. The van der Waals surface area contributed by atoms with Gasteiger partial charge in [-0.3, -0.25) is 0 Å². The fourth-order valence-corrected chi connectivity index (χ4v) is 1.85. The van der Waals surface area contributed by atoms with Crippen molar-refractivity contribution in [2.75, 3.05) is 13.6 Å². The van der Waals surface area contributed by atoms with Gasteiger partial charge in [0.15, 0.2) is 0 Å². The fourth-order valence-electron chi connectivity index (χ4n) is 0.839. The Bertz CT molecular complexity index is 74.9. The Labute approximate surface area is 64.4 Å². The van der Waals surface area contributed by atoms with E-state index in [-0.39, 0.29) is 0 Å². The Balaban J connectivity index is 1.89. The van der Waals surface area contributed by atoms with Crippen LogP contribution in [0.4, 0.5) is 0 Å². The molecule has 2 atom stereocenters. The van der Waals surface area contributed by atoms with Crippen molar-refractivity contribution >= 4 is 22.6 Å². The molecule has 2 unspecified atom stereocenters. The van der Waals surface area contributed by atoms with Gasteiger partial charge in [-0.15, -0.1) is 0 Å². The summed E-state index contributed by atoms with van der Waals surface area (Å²) in [5, 5.41) is 3.16. The predicted molar refractivity (Wildman–Crippen MR) is 44.5 cm³/mol. The van der Waals surface area contributed by atoms with E-state index in [1.807, 2.05) is 7.05 Å². The maximum atomic E-state index is 3.16. The van der Waals surface area contributed by atoms with Crippen LogP contribution in [0.15, 0.2) is 0 Å². The first-order valence-electron chi connectivity index (χ1n) is 3.13. The van der Waals surface area contributed by atoms with Crippen LogP contribution in [0.3, 0.4) is 0 Å². The molecule has 0 aromatic rings. The van der Waals surface area contributed by atoms with Gasteiger partial charge in [-0.05, 0) is 32.4 Å². The number of rotatable bonds is 3. The molecule has 1 nitrogen and oxygen atoms in total. The average Bonchev–Trinajstić information content (AvgIpc) is 2.42. The molecule has 1 fully saturated rings. The van der Waals surface area contributed by atoms with Crippen LogP contribution >= 0.6 is 22.6 Å². The summed E-state index contributed by atoms with van der Waals surface area (Å²) < 4.78 is 1.00. The van der Waals surface area contributed by atoms with E-state index in [1.165, 1.54) is 19.4 Å². The van der Waals surface area contributed by atoms with E-state index in [4.69, 9.17) is 0 Å². The quantitative estimate of drug-likeness (QED) is 0.565. The zero-order valence-electron chi connectivity index (χ0n) is 5.15. The molecule has 1 aliphatic rings. The second-order valence-electron chi connectivity index (χ2n) is 2.40. The summed E-state index contributed by atoms with van der Waals surface area (Å²) in [6.07, 6.45) is 2.84. The van der Waals surface area contributed by atoms with Gasteiger partial charge < -0.3 is 5.32 Å².